The molecule has 0 saturated carbocycles. The summed E-state index contributed by atoms with van der Waals surface area (Å²) in [5, 5.41) is 0. The fourth-order valence-electron chi connectivity index (χ4n) is 1.58. The SMILES string of the molecule is CO[Si](C)(C)C(C)C(C)[Si](C)(C)OC. The third kappa shape index (κ3) is 3.19. The molecule has 0 aliphatic rings. The van der Waals surface area contributed by atoms with E-state index < -0.39 is 16.6 Å². The first-order chi connectivity index (χ1) is 6.19. The van der Waals surface area contributed by atoms with Crippen molar-refractivity contribution in [3.8, 4) is 0 Å². The van der Waals surface area contributed by atoms with Gasteiger partial charge in [0.1, 0.15) is 0 Å². The summed E-state index contributed by atoms with van der Waals surface area (Å²) >= 11 is 0. The van der Waals surface area contributed by atoms with Crippen molar-refractivity contribution in [1.82, 2.24) is 0 Å². The molecule has 0 aromatic rings. The highest BCUT2D eigenvalue weighted by atomic mass is 28.4. The third-order valence-electron chi connectivity index (χ3n) is 4.00. The van der Waals surface area contributed by atoms with E-state index in [1.807, 2.05) is 14.2 Å². The van der Waals surface area contributed by atoms with Crippen LogP contribution in [-0.2, 0) is 8.85 Å². The summed E-state index contributed by atoms with van der Waals surface area (Å²) in [5.41, 5.74) is 1.29. The highest BCUT2D eigenvalue weighted by Gasteiger charge is 2.41. The zero-order valence-corrected chi connectivity index (χ0v) is 13.0. The van der Waals surface area contributed by atoms with Crippen molar-refractivity contribution in [3.63, 3.8) is 0 Å². The molecule has 0 heterocycles. The van der Waals surface area contributed by atoms with Crippen LogP contribution >= 0.6 is 0 Å². The lowest BCUT2D eigenvalue weighted by molar-refractivity contribution is 0.368. The summed E-state index contributed by atoms with van der Waals surface area (Å²) in [6, 6.07) is 0. The first kappa shape index (κ1) is 14.4. The Morgan fingerprint density at radius 3 is 1.07 bits per heavy atom. The largest absolute Gasteiger partial charge is 0.420 e. The molecule has 2 nitrogen and oxygen atoms in total. The van der Waals surface area contributed by atoms with Crippen molar-refractivity contribution in [3.05, 3.63) is 0 Å². The van der Waals surface area contributed by atoms with Gasteiger partial charge in [-0.05, 0) is 37.3 Å². The molecule has 0 radical (unpaired) electrons. The summed E-state index contributed by atoms with van der Waals surface area (Å²) in [6.45, 7) is 13.8. The summed E-state index contributed by atoms with van der Waals surface area (Å²) in [6.07, 6.45) is 0. The molecule has 0 bridgehead atoms. The standard InChI is InChI=1S/C10H26O2Si2/c1-9(13(5,6)11-3)10(2)14(7,8)12-4/h9-10H,1-8H3. The van der Waals surface area contributed by atoms with Crippen LogP contribution in [0.2, 0.25) is 37.3 Å². The minimum Gasteiger partial charge on any atom is -0.420 e. The van der Waals surface area contributed by atoms with Crippen molar-refractivity contribution >= 4 is 16.6 Å². The Bertz CT molecular complexity index is 161. The van der Waals surface area contributed by atoms with E-state index in [2.05, 4.69) is 40.0 Å². The Morgan fingerprint density at radius 1 is 0.714 bits per heavy atom. The molecule has 0 amide bonds. The van der Waals surface area contributed by atoms with Crippen LogP contribution in [0.15, 0.2) is 0 Å². The predicted octanol–water partition coefficient (Wildman–Crippen LogP) is 3.47. The molecule has 14 heavy (non-hydrogen) atoms. The topological polar surface area (TPSA) is 18.5 Å². The van der Waals surface area contributed by atoms with Gasteiger partial charge in [0.2, 0.25) is 0 Å². The number of hydrogen-bond acceptors (Lipinski definition) is 2. The van der Waals surface area contributed by atoms with Crippen molar-refractivity contribution in [2.75, 3.05) is 14.2 Å². The van der Waals surface area contributed by atoms with Gasteiger partial charge in [0.05, 0.1) is 0 Å². The Kier molecular flexibility index (Phi) is 5.04. The van der Waals surface area contributed by atoms with Crippen LogP contribution in [0, 0.1) is 0 Å². The van der Waals surface area contributed by atoms with Crippen molar-refractivity contribution < 1.29 is 8.85 Å². The smallest absolute Gasteiger partial charge is 0.189 e. The van der Waals surface area contributed by atoms with E-state index in [4.69, 9.17) is 8.85 Å². The van der Waals surface area contributed by atoms with E-state index in [1.54, 1.807) is 0 Å². The molecule has 0 aliphatic carbocycles. The van der Waals surface area contributed by atoms with Crippen molar-refractivity contribution in [2.24, 2.45) is 0 Å². The highest BCUT2D eigenvalue weighted by Crippen LogP contribution is 2.40. The second-order valence-electron chi connectivity index (χ2n) is 5.19. The Hall–Kier alpha value is 0.354. The molecular formula is C10H26O2Si2. The van der Waals surface area contributed by atoms with Gasteiger partial charge in [-0.3, -0.25) is 0 Å². The van der Waals surface area contributed by atoms with Crippen molar-refractivity contribution in [1.29, 1.82) is 0 Å². The molecule has 0 saturated heterocycles. The van der Waals surface area contributed by atoms with E-state index in [9.17, 15) is 0 Å². The van der Waals surface area contributed by atoms with Gasteiger partial charge in [-0.15, -0.1) is 0 Å². The lowest BCUT2D eigenvalue weighted by atomic mass is 10.3. The van der Waals surface area contributed by atoms with Gasteiger partial charge in [-0.1, -0.05) is 13.8 Å². The first-order valence-electron chi connectivity index (χ1n) is 5.29. The molecular weight excluding hydrogens is 208 g/mol. The van der Waals surface area contributed by atoms with Crippen LogP contribution in [0.5, 0.6) is 0 Å². The lowest BCUT2D eigenvalue weighted by Crippen LogP contribution is -2.44. The molecule has 86 valence electrons. The van der Waals surface area contributed by atoms with Crippen LogP contribution < -0.4 is 0 Å². The van der Waals surface area contributed by atoms with Crippen LogP contribution in [0.3, 0.4) is 0 Å². The van der Waals surface area contributed by atoms with Gasteiger partial charge < -0.3 is 8.85 Å². The van der Waals surface area contributed by atoms with Crippen LogP contribution in [-0.4, -0.2) is 30.9 Å². The molecule has 4 heteroatoms. The van der Waals surface area contributed by atoms with Gasteiger partial charge in [0.25, 0.3) is 0 Å². The summed E-state index contributed by atoms with van der Waals surface area (Å²) in [5.74, 6) is 0. The molecule has 0 aromatic heterocycles. The number of rotatable bonds is 5. The molecule has 0 rings (SSSR count). The molecule has 0 fully saturated rings. The van der Waals surface area contributed by atoms with E-state index in [-0.39, 0.29) is 0 Å². The minimum atomic E-state index is -1.52. The van der Waals surface area contributed by atoms with Crippen LogP contribution in [0.4, 0.5) is 0 Å². The third-order valence-corrected chi connectivity index (χ3v) is 11.8. The highest BCUT2D eigenvalue weighted by molar-refractivity contribution is 6.78. The average molecular weight is 234 g/mol. The second-order valence-corrected chi connectivity index (χ2v) is 14.2. The van der Waals surface area contributed by atoms with E-state index in [1.165, 1.54) is 0 Å². The van der Waals surface area contributed by atoms with E-state index >= 15 is 0 Å². The number of hydrogen-bond donors (Lipinski definition) is 0. The zero-order valence-electron chi connectivity index (χ0n) is 11.0. The maximum absolute atomic E-state index is 5.67. The first-order valence-corrected chi connectivity index (χ1v) is 11.3. The van der Waals surface area contributed by atoms with Gasteiger partial charge >= 0.3 is 0 Å². The summed E-state index contributed by atoms with van der Waals surface area (Å²) < 4.78 is 11.3. The quantitative estimate of drug-likeness (QED) is 0.678. The van der Waals surface area contributed by atoms with E-state index in [0.29, 0.717) is 11.1 Å². The molecule has 0 aromatic carbocycles. The summed E-state index contributed by atoms with van der Waals surface area (Å²) in [4.78, 5) is 0. The van der Waals surface area contributed by atoms with Crippen LogP contribution in [0.1, 0.15) is 13.8 Å². The van der Waals surface area contributed by atoms with Gasteiger partial charge in [0, 0.05) is 14.2 Å². The Labute approximate surface area is 91.3 Å². The van der Waals surface area contributed by atoms with Gasteiger partial charge in [-0.2, -0.15) is 0 Å². The monoisotopic (exact) mass is 234 g/mol. The maximum atomic E-state index is 5.67. The van der Waals surface area contributed by atoms with E-state index in [0.717, 1.165) is 0 Å². The second kappa shape index (κ2) is 4.92. The van der Waals surface area contributed by atoms with Gasteiger partial charge in [-0.25, -0.2) is 0 Å². The normalized spacial score (nSPS) is 18.0. The molecule has 0 aliphatic heterocycles. The maximum Gasteiger partial charge on any atom is 0.189 e. The molecule has 0 spiro atoms. The Morgan fingerprint density at radius 2 is 0.929 bits per heavy atom. The lowest BCUT2D eigenvalue weighted by Gasteiger charge is -2.38. The molecule has 2 atom stereocenters. The molecule has 0 N–H and O–H groups in total. The minimum absolute atomic E-state index is 0.647. The Balaban J connectivity index is 4.62. The fourth-order valence-corrected chi connectivity index (χ4v) is 7.14. The zero-order chi connectivity index (χ0) is 11.6. The van der Waals surface area contributed by atoms with Gasteiger partial charge in [0.15, 0.2) is 16.6 Å². The van der Waals surface area contributed by atoms with Crippen molar-refractivity contribution in [2.45, 2.75) is 51.1 Å². The summed E-state index contributed by atoms with van der Waals surface area (Å²) in [7, 11) is 0.658. The molecule has 2 unspecified atom stereocenters. The average Bonchev–Trinajstić information content (AvgIpc) is 2.15. The fraction of sp³-hybridized carbons (Fsp3) is 1.00. The van der Waals surface area contributed by atoms with Crippen LogP contribution in [0.25, 0.3) is 0 Å². The predicted molar refractivity (Wildman–Crippen MR) is 67.8 cm³/mol.